The highest BCUT2D eigenvalue weighted by molar-refractivity contribution is 5.99. The molecule has 0 radical (unpaired) electrons. The van der Waals surface area contributed by atoms with Crippen LogP contribution in [0.3, 0.4) is 0 Å². The molecule has 21 heavy (non-hydrogen) atoms. The van der Waals surface area contributed by atoms with Crippen LogP contribution in [0.4, 0.5) is 14.5 Å². The van der Waals surface area contributed by atoms with Crippen LogP contribution < -0.4 is 19.7 Å². The summed E-state index contributed by atoms with van der Waals surface area (Å²) in [6.45, 7) is 4.48. The standard InChI is InChI=1S/C14H16F2N2O3/c1-8(2)17-10-5-6-18(13(10)19)9-3-4-11-12(7-9)21-14(15,16)20-11/h3-4,7-8,10,17H,5-6H2,1-2H3. The third-order valence-corrected chi connectivity index (χ3v) is 3.44. The van der Waals surface area contributed by atoms with Crippen molar-refractivity contribution in [2.45, 2.75) is 38.6 Å². The van der Waals surface area contributed by atoms with E-state index in [0.717, 1.165) is 0 Å². The third kappa shape index (κ3) is 2.65. The van der Waals surface area contributed by atoms with Crippen molar-refractivity contribution in [3.05, 3.63) is 18.2 Å². The summed E-state index contributed by atoms with van der Waals surface area (Å²) in [7, 11) is 0. The van der Waals surface area contributed by atoms with Gasteiger partial charge in [-0.3, -0.25) is 4.79 Å². The lowest BCUT2D eigenvalue weighted by Crippen LogP contribution is -2.41. The molecule has 3 rings (SSSR count). The fraction of sp³-hybridized carbons (Fsp3) is 0.500. The fourth-order valence-corrected chi connectivity index (χ4v) is 2.60. The quantitative estimate of drug-likeness (QED) is 0.928. The molecule has 1 aromatic rings. The number of fused-ring (bicyclic) bond motifs is 1. The van der Waals surface area contributed by atoms with Gasteiger partial charge in [-0.15, -0.1) is 8.78 Å². The van der Waals surface area contributed by atoms with Crippen LogP contribution in [0.5, 0.6) is 11.5 Å². The van der Waals surface area contributed by atoms with Gasteiger partial charge in [0, 0.05) is 24.3 Å². The summed E-state index contributed by atoms with van der Waals surface area (Å²) in [5.74, 6) is -0.132. The van der Waals surface area contributed by atoms with Crippen LogP contribution in [0.15, 0.2) is 18.2 Å². The molecule has 114 valence electrons. The molecule has 1 N–H and O–H groups in total. The van der Waals surface area contributed by atoms with E-state index in [9.17, 15) is 13.6 Å². The average Bonchev–Trinajstić information content (AvgIpc) is 2.87. The van der Waals surface area contributed by atoms with Gasteiger partial charge >= 0.3 is 6.29 Å². The number of nitrogens with one attached hydrogen (secondary N) is 1. The maximum Gasteiger partial charge on any atom is 0.586 e. The first-order valence-electron chi connectivity index (χ1n) is 6.83. The van der Waals surface area contributed by atoms with Crippen LogP contribution in [0.2, 0.25) is 0 Å². The Balaban J connectivity index is 1.79. The Hall–Kier alpha value is -1.89. The predicted molar refractivity (Wildman–Crippen MR) is 71.7 cm³/mol. The molecule has 7 heteroatoms. The van der Waals surface area contributed by atoms with Crippen molar-refractivity contribution in [3.8, 4) is 11.5 Å². The summed E-state index contributed by atoms with van der Waals surface area (Å²) >= 11 is 0. The van der Waals surface area contributed by atoms with Crippen molar-refractivity contribution in [1.29, 1.82) is 0 Å². The molecule has 1 unspecified atom stereocenters. The van der Waals surface area contributed by atoms with Gasteiger partial charge in [0.25, 0.3) is 0 Å². The molecule has 0 bridgehead atoms. The summed E-state index contributed by atoms with van der Waals surface area (Å²) in [5, 5.41) is 3.19. The van der Waals surface area contributed by atoms with Gasteiger partial charge in [-0.05, 0) is 18.6 Å². The number of ether oxygens (including phenoxy) is 2. The van der Waals surface area contributed by atoms with Gasteiger partial charge in [-0.2, -0.15) is 0 Å². The molecule has 1 atom stereocenters. The maximum atomic E-state index is 13.0. The van der Waals surface area contributed by atoms with Crippen molar-refractivity contribution >= 4 is 11.6 Å². The van der Waals surface area contributed by atoms with Crippen LogP contribution in [0, 0.1) is 0 Å². The molecule has 2 aliphatic rings. The monoisotopic (exact) mass is 298 g/mol. The number of hydrogen-bond acceptors (Lipinski definition) is 4. The Labute approximate surface area is 120 Å². The number of alkyl halides is 2. The van der Waals surface area contributed by atoms with Gasteiger partial charge in [0.15, 0.2) is 11.5 Å². The third-order valence-electron chi connectivity index (χ3n) is 3.44. The number of rotatable bonds is 3. The molecule has 1 fully saturated rings. The topological polar surface area (TPSA) is 50.8 Å². The van der Waals surface area contributed by atoms with Gasteiger partial charge < -0.3 is 19.7 Å². The van der Waals surface area contributed by atoms with Crippen molar-refractivity contribution in [3.63, 3.8) is 0 Å². The van der Waals surface area contributed by atoms with Crippen molar-refractivity contribution in [2.75, 3.05) is 11.4 Å². The lowest BCUT2D eigenvalue weighted by molar-refractivity contribution is -0.286. The minimum absolute atomic E-state index is 0.0211. The highest BCUT2D eigenvalue weighted by atomic mass is 19.3. The highest BCUT2D eigenvalue weighted by Gasteiger charge is 2.44. The van der Waals surface area contributed by atoms with Gasteiger partial charge in [0.1, 0.15) is 0 Å². The summed E-state index contributed by atoms with van der Waals surface area (Å²) in [4.78, 5) is 13.9. The zero-order valence-electron chi connectivity index (χ0n) is 11.7. The molecule has 0 spiro atoms. The van der Waals surface area contributed by atoms with Gasteiger partial charge in [0.2, 0.25) is 5.91 Å². The van der Waals surface area contributed by atoms with Gasteiger partial charge in [-0.25, -0.2) is 0 Å². The summed E-state index contributed by atoms with van der Waals surface area (Å²) in [6.07, 6.45) is -2.96. The van der Waals surface area contributed by atoms with E-state index in [0.29, 0.717) is 18.7 Å². The van der Waals surface area contributed by atoms with Crippen molar-refractivity contribution < 1.29 is 23.0 Å². The first-order chi connectivity index (χ1) is 9.85. The smallest absolute Gasteiger partial charge is 0.395 e. The minimum Gasteiger partial charge on any atom is -0.395 e. The van der Waals surface area contributed by atoms with E-state index in [1.54, 1.807) is 11.0 Å². The summed E-state index contributed by atoms with van der Waals surface area (Å²) in [5.41, 5.74) is 0.535. The van der Waals surface area contributed by atoms with Gasteiger partial charge in [0.05, 0.1) is 6.04 Å². The molecule has 0 aliphatic carbocycles. The lowest BCUT2D eigenvalue weighted by Gasteiger charge is -2.18. The molecular weight excluding hydrogens is 282 g/mol. The molecule has 1 saturated heterocycles. The number of hydrogen-bond donors (Lipinski definition) is 1. The fourth-order valence-electron chi connectivity index (χ4n) is 2.60. The molecule has 0 aromatic heterocycles. The van der Waals surface area contributed by atoms with E-state index in [1.807, 2.05) is 13.8 Å². The minimum atomic E-state index is -3.64. The normalized spacial score (nSPS) is 23.2. The number of nitrogens with zero attached hydrogens (tertiary/aromatic N) is 1. The predicted octanol–water partition coefficient (Wildman–Crippen LogP) is 2.11. The van der Waals surface area contributed by atoms with E-state index in [4.69, 9.17) is 0 Å². The second-order valence-corrected chi connectivity index (χ2v) is 5.45. The largest absolute Gasteiger partial charge is 0.586 e. The van der Waals surface area contributed by atoms with Gasteiger partial charge in [-0.1, -0.05) is 13.8 Å². The molecule has 2 heterocycles. The van der Waals surface area contributed by atoms with E-state index < -0.39 is 6.29 Å². The van der Waals surface area contributed by atoms with Crippen LogP contribution in [0.25, 0.3) is 0 Å². The number of benzene rings is 1. The molecule has 2 aliphatic heterocycles. The zero-order chi connectivity index (χ0) is 15.2. The zero-order valence-corrected chi connectivity index (χ0v) is 11.7. The van der Waals surface area contributed by atoms with E-state index in [-0.39, 0.29) is 29.5 Å². The Morgan fingerprint density at radius 3 is 2.76 bits per heavy atom. The number of halogens is 2. The molecule has 1 aromatic carbocycles. The molecule has 1 amide bonds. The van der Waals surface area contributed by atoms with Crippen LogP contribution >= 0.6 is 0 Å². The Morgan fingerprint density at radius 2 is 2.05 bits per heavy atom. The van der Waals surface area contributed by atoms with Crippen molar-refractivity contribution in [1.82, 2.24) is 5.32 Å². The lowest BCUT2D eigenvalue weighted by atomic mass is 10.2. The molecular formula is C14H16F2N2O3. The Morgan fingerprint density at radius 1 is 1.33 bits per heavy atom. The Bertz CT molecular complexity index is 577. The first-order valence-corrected chi connectivity index (χ1v) is 6.83. The van der Waals surface area contributed by atoms with Crippen molar-refractivity contribution in [2.24, 2.45) is 0 Å². The summed E-state index contributed by atoms with van der Waals surface area (Å²) in [6, 6.07) is 4.35. The first kappa shape index (κ1) is 14.1. The SMILES string of the molecule is CC(C)NC1CCN(c2ccc3c(c2)OC(F)(F)O3)C1=O. The average molecular weight is 298 g/mol. The van der Waals surface area contributed by atoms with E-state index in [1.165, 1.54) is 12.1 Å². The van der Waals surface area contributed by atoms with Crippen LogP contribution in [0.1, 0.15) is 20.3 Å². The van der Waals surface area contributed by atoms with Crippen LogP contribution in [-0.4, -0.2) is 30.8 Å². The number of amides is 1. The number of anilines is 1. The number of carbonyl (C=O) groups is 1. The second kappa shape index (κ2) is 4.84. The number of carbonyl (C=O) groups excluding carboxylic acids is 1. The second-order valence-electron chi connectivity index (χ2n) is 5.45. The molecule has 0 saturated carbocycles. The van der Waals surface area contributed by atoms with E-state index in [2.05, 4.69) is 14.8 Å². The van der Waals surface area contributed by atoms with Crippen LogP contribution in [-0.2, 0) is 4.79 Å². The summed E-state index contributed by atoms with van der Waals surface area (Å²) < 4.78 is 34.7. The maximum absolute atomic E-state index is 13.0. The van der Waals surface area contributed by atoms with E-state index >= 15 is 0 Å². The Kier molecular flexibility index (Phi) is 3.24. The molecule has 5 nitrogen and oxygen atoms in total. The highest BCUT2D eigenvalue weighted by Crippen LogP contribution is 2.43.